The molecule has 1 aliphatic heterocycles. The zero-order valence-corrected chi connectivity index (χ0v) is 9.53. The molecule has 4 nitrogen and oxygen atoms in total. The van der Waals surface area contributed by atoms with Crippen molar-refractivity contribution in [3.05, 3.63) is 29.3 Å². The van der Waals surface area contributed by atoms with Crippen LogP contribution >= 0.6 is 0 Å². The molecule has 0 saturated carbocycles. The number of nitrogens with two attached hydrogens (primary N) is 1. The van der Waals surface area contributed by atoms with Crippen molar-refractivity contribution in [3.63, 3.8) is 0 Å². The van der Waals surface area contributed by atoms with Crippen LogP contribution in [-0.4, -0.2) is 20.3 Å². The molecule has 1 unspecified atom stereocenters. The number of hydrogen-bond acceptors (Lipinski definition) is 4. The Labute approximate surface area is 95.7 Å². The van der Waals surface area contributed by atoms with Crippen molar-refractivity contribution in [2.45, 2.75) is 18.9 Å². The lowest BCUT2D eigenvalue weighted by atomic mass is 10.0. The zero-order valence-electron chi connectivity index (χ0n) is 9.53. The Balaban J connectivity index is 2.12. The molecule has 0 amide bonds. The van der Waals surface area contributed by atoms with Crippen LogP contribution in [-0.2, 0) is 11.2 Å². The van der Waals surface area contributed by atoms with E-state index in [1.165, 1.54) is 11.1 Å². The summed E-state index contributed by atoms with van der Waals surface area (Å²) in [4.78, 5) is 0. The molecule has 1 aromatic rings. The predicted molar refractivity (Wildman–Crippen MR) is 62.2 cm³/mol. The molecule has 0 aliphatic carbocycles. The van der Waals surface area contributed by atoms with Crippen LogP contribution < -0.4 is 16.0 Å². The van der Waals surface area contributed by atoms with Gasteiger partial charge in [-0.15, -0.1) is 0 Å². The van der Waals surface area contributed by atoms with Gasteiger partial charge in [0.25, 0.3) is 0 Å². The molecule has 88 valence electrons. The monoisotopic (exact) mass is 222 g/mol. The van der Waals surface area contributed by atoms with E-state index in [4.69, 9.17) is 15.3 Å². The molecule has 3 N–H and O–H groups in total. The maximum absolute atomic E-state index is 5.55. The van der Waals surface area contributed by atoms with Crippen LogP contribution in [0.5, 0.6) is 5.75 Å². The first kappa shape index (κ1) is 11.4. The van der Waals surface area contributed by atoms with Gasteiger partial charge in [0.15, 0.2) is 0 Å². The van der Waals surface area contributed by atoms with Gasteiger partial charge in [-0.05, 0) is 23.6 Å². The van der Waals surface area contributed by atoms with Gasteiger partial charge in [-0.25, -0.2) is 0 Å². The van der Waals surface area contributed by atoms with Gasteiger partial charge in [0.05, 0.1) is 6.61 Å². The van der Waals surface area contributed by atoms with Crippen molar-refractivity contribution in [1.82, 2.24) is 5.43 Å². The molecule has 0 fully saturated rings. The highest BCUT2D eigenvalue weighted by molar-refractivity contribution is 5.40. The van der Waals surface area contributed by atoms with Gasteiger partial charge in [0, 0.05) is 26.2 Å². The minimum Gasteiger partial charge on any atom is -0.493 e. The number of ether oxygens (including phenoxy) is 2. The lowest BCUT2D eigenvalue weighted by Crippen LogP contribution is -2.28. The summed E-state index contributed by atoms with van der Waals surface area (Å²) in [5.74, 6) is 6.56. The largest absolute Gasteiger partial charge is 0.493 e. The SMILES string of the molecule is COCCC(NN)c1ccc2c(c1)CCO2. The molecule has 0 bridgehead atoms. The van der Waals surface area contributed by atoms with Gasteiger partial charge in [0.2, 0.25) is 0 Å². The maximum atomic E-state index is 5.55. The van der Waals surface area contributed by atoms with E-state index in [1.807, 2.05) is 6.07 Å². The van der Waals surface area contributed by atoms with E-state index in [0.717, 1.165) is 25.2 Å². The van der Waals surface area contributed by atoms with E-state index in [1.54, 1.807) is 7.11 Å². The standard InChI is InChI=1S/C12H18N2O2/c1-15-6-5-11(14-13)9-2-3-12-10(8-9)4-7-16-12/h2-3,8,11,14H,4-7,13H2,1H3. The molecule has 4 heteroatoms. The highest BCUT2D eigenvalue weighted by atomic mass is 16.5. The minimum absolute atomic E-state index is 0.144. The molecule has 2 rings (SSSR count). The third kappa shape index (κ3) is 2.35. The fraction of sp³-hybridized carbons (Fsp3) is 0.500. The van der Waals surface area contributed by atoms with E-state index in [-0.39, 0.29) is 6.04 Å². The summed E-state index contributed by atoms with van der Waals surface area (Å²) < 4.78 is 10.5. The smallest absolute Gasteiger partial charge is 0.122 e. The van der Waals surface area contributed by atoms with E-state index >= 15 is 0 Å². The Morgan fingerprint density at radius 3 is 3.19 bits per heavy atom. The van der Waals surface area contributed by atoms with Crippen LogP contribution in [0.2, 0.25) is 0 Å². The molecule has 1 atom stereocenters. The number of nitrogens with one attached hydrogen (secondary N) is 1. The second-order valence-corrected chi connectivity index (χ2v) is 3.97. The molecule has 16 heavy (non-hydrogen) atoms. The fourth-order valence-corrected chi connectivity index (χ4v) is 2.01. The third-order valence-electron chi connectivity index (χ3n) is 2.93. The first-order valence-corrected chi connectivity index (χ1v) is 5.56. The van der Waals surface area contributed by atoms with Gasteiger partial charge in [-0.2, -0.15) is 0 Å². The minimum atomic E-state index is 0.144. The second kappa shape index (κ2) is 5.30. The molecule has 0 radical (unpaired) electrons. The van der Waals surface area contributed by atoms with Gasteiger partial charge in [-0.3, -0.25) is 11.3 Å². The highest BCUT2D eigenvalue weighted by Crippen LogP contribution is 2.28. The number of hydrazine groups is 1. The molecule has 1 aromatic carbocycles. The summed E-state index contributed by atoms with van der Waals surface area (Å²) in [5.41, 5.74) is 5.29. The Bertz CT molecular complexity index is 355. The first-order valence-electron chi connectivity index (χ1n) is 5.56. The quantitative estimate of drug-likeness (QED) is 0.580. The topological polar surface area (TPSA) is 56.5 Å². The zero-order chi connectivity index (χ0) is 11.4. The Morgan fingerprint density at radius 1 is 1.56 bits per heavy atom. The molecule has 0 spiro atoms. The number of rotatable bonds is 5. The number of fused-ring (bicyclic) bond motifs is 1. The van der Waals surface area contributed by atoms with E-state index < -0.39 is 0 Å². The van der Waals surface area contributed by atoms with E-state index in [9.17, 15) is 0 Å². The van der Waals surface area contributed by atoms with Crippen molar-refractivity contribution in [2.24, 2.45) is 5.84 Å². The molecular weight excluding hydrogens is 204 g/mol. The van der Waals surface area contributed by atoms with Crippen molar-refractivity contribution in [1.29, 1.82) is 0 Å². The highest BCUT2D eigenvalue weighted by Gasteiger charge is 2.15. The van der Waals surface area contributed by atoms with Gasteiger partial charge >= 0.3 is 0 Å². The molecule has 0 aromatic heterocycles. The normalized spacial score (nSPS) is 15.6. The maximum Gasteiger partial charge on any atom is 0.122 e. The predicted octanol–water partition coefficient (Wildman–Crippen LogP) is 1.16. The third-order valence-corrected chi connectivity index (χ3v) is 2.93. The van der Waals surface area contributed by atoms with Crippen molar-refractivity contribution in [3.8, 4) is 5.75 Å². The van der Waals surface area contributed by atoms with Gasteiger partial charge < -0.3 is 9.47 Å². The van der Waals surface area contributed by atoms with Crippen LogP contribution in [0.25, 0.3) is 0 Å². The van der Waals surface area contributed by atoms with Crippen LogP contribution in [0, 0.1) is 0 Å². The summed E-state index contributed by atoms with van der Waals surface area (Å²) in [6, 6.07) is 6.40. The molecule has 0 saturated heterocycles. The van der Waals surface area contributed by atoms with Crippen molar-refractivity contribution < 1.29 is 9.47 Å². The summed E-state index contributed by atoms with van der Waals surface area (Å²) in [7, 11) is 1.70. The van der Waals surface area contributed by atoms with Crippen molar-refractivity contribution >= 4 is 0 Å². The average molecular weight is 222 g/mol. The number of methoxy groups -OCH3 is 1. The van der Waals surface area contributed by atoms with Crippen LogP contribution in [0.15, 0.2) is 18.2 Å². The lowest BCUT2D eigenvalue weighted by Gasteiger charge is -2.16. The average Bonchev–Trinajstić information content (AvgIpc) is 2.77. The molecule has 1 aliphatic rings. The van der Waals surface area contributed by atoms with E-state index in [0.29, 0.717) is 6.61 Å². The van der Waals surface area contributed by atoms with Crippen LogP contribution in [0.3, 0.4) is 0 Å². The van der Waals surface area contributed by atoms with Gasteiger partial charge in [-0.1, -0.05) is 12.1 Å². The Morgan fingerprint density at radius 2 is 2.44 bits per heavy atom. The second-order valence-electron chi connectivity index (χ2n) is 3.97. The summed E-state index contributed by atoms with van der Waals surface area (Å²) >= 11 is 0. The Hall–Kier alpha value is -1.10. The molecular formula is C12H18N2O2. The lowest BCUT2D eigenvalue weighted by molar-refractivity contribution is 0.183. The Kier molecular flexibility index (Phi) is 3.77. The van der Waals surface area contributed by atoms with Gasteiger partial charge in [0.1, 0.15) is 5.75 Å². The molecule has 1 heterocycles. The van der Waals surface area contributed by atoms with E-state index in [2.05, 4.69) is 17.6 Å². The van der Waals surface area contributed by atoms with Crippen LogP contribution in [0.1, 0.15) is 23.6 Å². The first-order chi connectivity index (χ1) is 7.85. The summed E-state index contributed by atoms with van der Waals surface area (Å²) in [6.07, 6.45) is 1.86. The fourth-order valence-electron chi connectivity index (χ4n) is 2.01. The number of benzene rings is 1. The van der Waals surface area contributed by atoms with Crippen molar-refractivity contribution in [2.75, 3.05) is 20.3 Å². The van der Waals surface area contributed by atoms with Crippen LogP contribution in [0.4, 0.5) is 0 Å². The summed E-state index contributed by atoms with van der Waals surface area (Å²) in [6.45, 7) is 1.49. The summed E-state index contributed by atoms with van der Waals surface area (Å²) in [5, 5.41) is 0. The number of hydrogen-bond donors (Lipinski definition) is 2.